The maximum atomic E-state index is 10.9. The van der Waals surface area contributed by atoms with Crippen LogP contribution in [0.15, 0.2) is 0 Å². The van der Waals surface area contributed by atoms with Gasteiger partial charge >= 0.3 is 5.97 Å². The Labute approximate surface area is 100 Å². The fourth-order valence-electron chi connectivity index (χ4n) is 1.92. The molecule has 1 rings (SSSR count). The minimum atomic E-state index is -0.931. The molecule has 1 saturated heterocycles. The van der Waals surface area contributed by atoms with E-state index >= 15 is 0 Å². The number of carboxylic acid groups (broad SMARTS) is 1. The minimum Gasteiger partial charge on any atom is -0.480 e. The van der Waals surface area contributed by atoms with Gasteiger partial charge in [-0.15, -0.1) is 0 Å². The zero-order valence-corrected chi connectivity index (χ0v) is 10.2. The van der Waals surface area contributed by atoms with Crippen molar-refractivity contribution in [2.75, 3.05) is 0 Å². The number of likely N-dealkylation sites (tertiary alicyclic amines) is 1. The van der Waals surface area contributed by atoms with E-state index < -0.39 is 16.1 Å². The number of carboxylic acids is 1. The first-order valence-electron chi connectivity index (χ1n) is 4.71. The van der Waals surface area contributed by atoms with Crippen molar-refractivity contribution in [1.29, 1.82) is 5.26 Å². The lowest BCUT2D eigenvalue weighted by Crippen LogP contribution is -2.38. The summed E-state index contributed by atoms with van der Waals surface area (Å²) in [4.78, 5) is 12.2. The van der Waals surface area contributed by atoms with Crippen LogP contribution in [0.5, 0.6) is 0 Å². The van der Waals surface area contributed by atoms with Crippen molar-refractivity contribution in [2.45, 2.75) is 42.3 Å². The number of aliphatic carboxylic acids is 1. The lowest BCUT2D eigenvalue weighted by atomic mass is 10.1. The highest BCUT2D eigenvalue weighted by molar-refractivity contribution is 8.00. The summed E-state index contributed by atoms with van der Waals surface area (Å²) >= 11 is 8.54. The third-order valence-electron chi connectivity index (χ3n) is 2.53. The van der Waals surface area contributed by atoms with Crippen LogP contribution >= 0.6 is 25.3 Å². The molecule has 0 spiro atoms. The molecule has 6 heteroatoms. The number of thiol groups is 2. The predicted octanol–water partition coefficient (Wildman–Crippen LogP) is 1.35. The van der Waals surface area contributed by atoms with Crippen LogP contribution in [-0.2, 0) is 4.79 Å². The van der Waals surface area contributed by atoms with Gasteiger partial charge < -0.3 is 5.11 Å². The average Bonchev–Trinajstić information content (AvgIpc) is 2.44. The second-order valence-electron chi connectivity index (χ2n) is 4.01. The first kappa shape index (κ1) is 12.5. The quantitative estimate of drug-likeness (QED) is 0.399. The van der Waals surface area contributed by atoms with Gasteiger partial charge in [0.25, 0.3) is 0 Å². The highest BCUT2D eigenvalue weighted by atomic mass is 32.2. The van der Waals surface area contributed by atoms with Gasteiger partial charge in [0.05, 0.1) is 4.08 Å². The van der Waals surface area contributed by atoms with E-state index in [0.717, 1.165) is 0 Å². The standard InChI is InChI=1S/C9H14N2O2S2/c1-9(14,15)4-6-2-3-7(8(12)13)11(6)5-10/h6-7,14-15H,2-4H2,1H3,(H,12,13). The molecule has 0 aromatic carbocycles. The number of nitriles is 1. The molecule has 1 fully saturated rings. The number of hydrogen-bond acceptors (Lipinski definition) is 5. The van der Waals surface area contributed by atoms with Crippen molar-refractivity contribution in [1.82, 2.24) is 4.90 Å². The molecule has 0 aromatic rings. The van der Waals surface area contributed by atoms with Crippen molar-refractivity contribution in [3.8, 4) is 6.19 Å². The second kappa shape index (κ2) is 4.54. The SMILES string of the molecule is CC(S)(S)CC1CCC(C(=O)O)N1C#N. The predicted molar refractivity (Wildman–Crippen MR) is 62.9 cm³/mol. The van der Waals surface area contributed by atoms with Gasteiger partial charge in [-0.05, 0) is 26.2 Å². The Balaban J connectivity index is 2.70. The summed E-state index contributed by atoms with van der Waals surface area (Å²) < 4.78 is -0.479. The van der Waals surface area contributed by atoms with E-state index in [1.165, 1.54) is 4.90 Å². The summed E-state index contributed by atoms with van der Waals surface area (Å²) in [5, 5.41) is 17.8. The molecule has 2 unspecified atom stereocenters. The van der Waals surface area contributed by atoms with E-state index in [1.54, 1.807) is 0 Å². The van der Waals surface area contributed by atoms with E-state index in [1.807, 2.05) is 13.1 Å². The Kier molecular flexibility index (Phi) is 3.79. The summed E-state index contributed by atoms with van der Waals surface area (Å²) in [6.45, 7) is 1.84. The van der Waals surface area contributed by atoms with Crippen LogP contribution in [0.1, 0.15) is 26.2 Å². The average molecular weight is 246 g/mol. The highest BCUT2D eigenvalue weighted by Gasteiger charge is 2.39. The summed E-state index contributed by atoms with van der Waals surface area (Å²) in [6.07, 6.45) is 3.78. The lowest BCUT2D eigenvalue weighted by Gasteiger charge is -2.27. The van der Waals surface area contributed by atoms with Crippen molar-refractivity contribution in [2.24, 2.45) is 0 Å². The third kappa shape index (κ3) is 3.21. The van der Waals surface area contributed by atoms with Gasteiger partial charge in [0.1, 0.15) is 6.04 Å². The van der Waals surface area contributed by atoms with Gasteiger partial charge in [0.2, 0.25) is 0 Å². The Morgan fingerprint density at radius 2 is 2.27 bits per heavy atom. The number of hydrogen-bond donors (Lipinski definition) is 3. The Bertz CT molecular complexity index is 295. The van der Waals surface area contributed by atoms with Crippen molar-refractivity contribution in [3.05, 3.63) is 0 Å². The molecule has 0 saturated carbocycles. The van der Waals surface area contributed by atoms with Gasteiger partial charge in [-0.3, -0.25) is 4.90 Å². The molecular weight excluding hydrogens is 232 g/mol. The fourth-order valence-corrected chi connectivity index (χ4v) is 2.34. The lowest BCUT2D eigenvalue weighted by molar-refractivity contribution is -0.141. The third-order valence-corrected chi connectivity index (χ3v) is 2.89. The largest absolute Gasteiger partial charge is 0.480 e. The van der Waals surface area contributed by atoms with Crippen LogP contribution in [0.25, 0.3) is 0 Å². The zero-order valence-electron chi connectivity index (χ0n) is 8.42. The van der Waals surface area contributed by atoms with Gasteiger partial charge in [0.15, 0.2) is 6.19 Å². The Morgan fingerprint density at radius 1 is 1.67 bits per heavy atom. The Morgan fingerprint density at radius 3 is 2.67 bits per heavy atom. The van der Waals surface area contributed by atoms with Gasteiger partial charge in [-0.2, -0.15) is 30.5 Å². The molecule has 15 heavy (non-hydrogen) atoms. The molecule has 1 aliphatic rings. The van der Waals surface area contributed by atoms with Gasteiger partial charge in [-0.1, -0.05) is 0 Å². The van der Waals surface area contributed by atoms with E-state index in [9.17, 15) is 4.79 Å². The number of nitrogens with zero attached hydrogens (tertiary/aromatic N) is 2. The molecule has 0 bridgehead atoms. The van der Waals surface area contributed by atoms with E-state index in [2.05, 4.69) is 25.3 Å². The molecule has 0 amide bonds. The van der Waals surface area contributed by atoms with Crippen molar-refractivity contribution >= 4 is 31.2 Å². The summed E-state index contributed by atoms with van der Waals surface area (Å²) in [5.74, 6) is -0.931. The summed E-state index contributed by atoms with van der Waals surface area (Å²) in [5.41, 5.74) is 0. The maximum Gasteiger partial charge on any atom is 0.327 e. The van der Waals surface area contributed by atoms with Crippen molar-refractivity contribution in [3.63, 3.8) is 0 Å². The first-order chi connectivity index (χ1) is 6.85. The minimum absolute atomic E-state index is 0.0592. The van der Waals surface area contributed by atoms with Gasteiger partial charge in [-0.25, -0.2) is 4.79 Å². The molecule has 84 valence electrons. The normalized spacial score (nSPS) is 26.4. The highest BCUT2D eigenvalue weighted by Crippen LogP contribution is 2.33. The molecule has 1 N–H and O–H groups in total. The van der Waals surface area contributed by atoms with Crippen LogP contribution in [-0.4, -0.2) is 32.1 Å². The summed E-state index contributed by atoms with van der Waals surface area (Å²) in [6, 6.07) is -0.736. The molecular formula is C9H14N2O2S2. The molecule has 0 radical (unpaired) electrons. The molecule has 0 aliphatic carbocycles. The van der Waals surface area contributed by atoms with E-state index in [0.29, 0.717) is 19.3 Å². The summed E-state index contributed by atoms with van der Waals surface area (Å²) in [7, 11) is 0. The monoisotopic (exact) mass is 246 g/mol. The fraction of sp³-hybridized carbons (Fsp3) is 0.778. The second-order valence-corrected chi connectivity index (χ2v) is 6.34. The molecule has 1 aliphatic heterocycles. The topological polar surface area (TPSA) is 64.3 Å². The molecule has 4 nitrogen and oxygen atoms in total. The molecule has 0 aromatic heterocycles. The van der Waals surface area contributed by atoms with Crippen LogP contribution in [0, 0.1) is 11.5 Å². The van der Waals surface area contributed by atoms with Crippen LogP contribution in [0.3, 0.4) is 0 Å². The molecule has 2 atom stereocenters. The zero-order chi connectivity index (χ0) is 11.6. The smallest absolute Gasteiger partial charge is 0.327 e. The van der Waals surface area contributed by atoms with Crippen LogP contribution in [0.2, 0.25) is 0 Å². The van der Waals surface area contributed by atoms with Gasteiger partial charge in [0, 0.05) is 6.04 Å². The van der Waals surface area contributed by atoms with Crippen molar-refractivity contribution < 1.29 is 9.90 Å². The number of rotatable bonds is 3. The van der Waals surface area contributed by atoms with Crippen LogP contribution in [0.4, 0.5) is 0 Å². The molecule has 1 heterocycles. The van der Waals surface area contributed by atoms with E-state index in [4.69, 9.17) is 10.4 Å². The maximum absolute atomic E-state index is 10.9. The van der Waals surface area contributed by atoms with Crippen LogP contribution < -0.4 is 0 Å². The van der Waals surface area contributed by atoms with E-state index in [-0.39, 0.29) is 6.04 Å². The first-order valence-corrected chi connectivity index (χ1v) is 5.60. The number of carbonyl (C=O) groups is 1. The Hall–Kier alpha value is -0.540.